The summed E-state index contributed by atoms with van der Waals surface area (Å²) in [5, 5.41) is 6.15. The zero-order valence-corrected chi connectivity index (χ0v) is 14.2. The number of hydrogen-bond donors (Lipinski definition) is 2. The molecule has 0 atom stereocenters. The molecule has 2 heterocycles. The number of carbonyl (C=O) groups is 1. The molecule has 0 spiro atoms. The molecule has 0 radical (unpaired) electrons. The topological polar surface area (TPSA) is 57.3 Å². The van der Waals surface area contributed by atoms with E-state index in [2.05, 4.69) is 46.5 Å². The Bertz CT molecular complexity index is 674. The summed E-state index contributed by atoms with van der Waals surface area (Å²) in [6.07, 6.45) is 4.20. The van der Waals surface area contributed by atoms with Gasteiger partial charge in [-0.25, -0.2) is 4.98 Å². The molecule has 1 fully saturated rings. The van der Waals surface area contributed by atoms with Gasteiger partial charge in [-0.15, -0.1) is 0 Å². The molecule has 1 aliphatic heterocycles. The van der Waals surface area contributed by atoms with Gasteiger partial charge in [-0.05, 0) is 63.1 Å². The van der Waals surface area contributed by atoms with Gasteiger partial charge in [-0.1, -0.05) is 0 Å². The van der Waals surface area contributed by atoms with E-state index in [4.69, 9.17) is 0 Å². The van der Waals surface area contributed by atoms with E-state index in [9.17, 15) is 4.79 Å². The summed E-state index contributed by atoms with van der Waals surface area (Å²) >= 11 is 0. The number of benzene rings is 1. The Morgan fingerprint density at radius 1 is 1.04 bits per heavy atom. The number of carbonyl (C=O) groups excluding carboxylic acids is 1. The van der Waals surface area contributed by atoms with E-state index in [1.54, 1.807) is 12.3 Å². The molecule has 2 aromatic rings. The van der Waals surface area contributed by atoms with Crippen LogP contribution in [0.1, 0.15) is 37.2 Å². The monoisotopic (exact) mass is 324 g/mol. The molecule has 3 rings (SSSR count). The lowest BCUT2D eigenvalue weighted by molar-refractivity contribution is 0.102. The van der Waals surface area contributed by atoms with Gasteiger partial charge < -0.3 is 15.5 Å². The predicted octanol–water partition coefficient (Wildman–Crippen LogP) is 3.75. The lowest BCUT2D eigenvalue weighted by Crippen LogP contribution is -2.18. The van der Waals surface area contributed by atoms with E-state index in [0.717, 1.165) is 24.5 Å². The highest BCUT2D eigenvalue weighted by atomic mass is 16.1. The van der Waals surface area contributed by atoms with Crippen molar-refractivity contribution in [1.82, 2.24) is 4.98 Å². The molecule has 0 saturated carbocycles. The second-order valence-corrected chi connectivity index (χ2v) is 6.43. The Balaban J connectivity index is 1.61. The number of hydrogen-bond acceptors (Lipinski definition) is 4. The first kappa shape index (κ1) is 16.3. The fourth-order valence-corrected chi connectivity index (χ4v) is 2.87. The molecule has 1 aromatic heterocycles. The average molecular weight is 324 g/mol. The first-order chi connectivity index (χ1) is 11.6. The van der Waals surface area contributed by atoms with E-state index < -0.39 is 0 Å². The van der Waals surface area contributed by atoms with E-state index in [0.29, 0.717) is 11.7 Å². The Hall–Kier alpha value is -2.56. The quantitative estimate of drug-likeness (QED) is 0.879. The number of rotatable bonds is 5. The zero-order chi connectivity index (χ0) is 16.9. The third-order valence-electron chi connectivity index (χ3n) is 4.05. The Kier molecular flexibility index (Phi) is 4.99. The van der Waals surface area contributed by atoms with Crippen LogP contribution in [-0.2, 0) is 0 Å². The van der Waals surface area contributed by atoms with E-state index in [1.807, 2.05) is 18.2 Å². The second kappa shape index (κ2) is 7.34. The summed E-state index contributed by atoms with van der Waals surface area (Å²) in [7, 11) is 0. The molecule has 2 N–H and O–H groups in total. The van der Waals surface area contributed by atoms with Crippen LogP contribution in [0.25, 0.3) is 0 Å². The SMILES string of the molecule is CC(C)Nc1ccc(C(=O)Nc2ccc(N3CCCC3)cc2)nc1. The van der Waals surface area contributed by atoms with Gasteiger partial charge in [0.15, 0.2) is 0 Å². The van der Waals surface area contributed by atoms with Gasteiger partial charge in [0.2, 0.25) is 0 Å². The van der Waals surface area contributed by atoms with E-state index >= 15 is 0 Å². The molecular formula is C19H24N4O. The molecule has 0 bridgehead atoms. The molecule has 1 aromatic carbocycles. The fraction of sp³-hybridized carbons (Fsp3) is 0.368. The van der Waals surface area contributed by atoms with Crippen molar-refractivity contribution in [2.75, 3.05) is 28.6 Å². The van der Waals surface area contributed by atoms with Crippen LogP contribution in [0.5, 0.6) is 0 Å². The van der Waals surface area contributed by atoms with Crippen molar-refractivity contribution in [2.45, 2.75) is 32.7 Å². The van der Waals surface area contributed by atoms with Crippen LogP contribution in [0.15, 0.2) is 42.6 Å². The third kappa shape index (κ3) is 4.04. The Morgan fingerprint density at radius 2 is 1.71 bits per heavy atom. The minimum Gasteiger partial charge on any atom is -0.382 e. The number of amides is 1. The predicted molar refractivity (Wildman–Crippen MR) is 98.8 cm³/mol. The fourth-order valence-electron chi connectivity index (χ4n) is 2.87. The minimum absolute atomic E-state index is 0.194. The lowest BCUT2D eigenvalue weighted by atomic mass is 10.2. The largest absolute Gasteiger partial charge is 0.382 e. The number of aromatic nitrogens is 1. The van der Waals surface area contributed by atoms with Gasteiger partial charge in [-0.3, -0.25) is 4.79 Å². The van der Waals surface area contributed by atoms with Crippen molar-refractivity contribution in [3.63, 3.8) is 0 Å². The zero-order valence-electron chi connectivity index (χ0n) is 14.2. The highest BCUT2D eigenvalue weighted by Gasteiger charge is 2.12. The minimum atomic E-state index is -0.194. The van der Waals surface area contributed by atoms with Gasteiger partial charge >= 0.3 is 0 Å². The molecule has 1 aliphatic rings. The van der Waals surface area contributed by atoms with Crippen LogP contribution in [-0.4, -0.2) is 30.0 Å². The van der Waals surface area contributed by atoms with Crippen LogP contribution in [0, 0.1) is 0 Å². The Labute approximate surface area is 143 Å². The van der Waals surface area contributed by atoms with Crippen LogP contribution in [0.3, 0.4) is 0 Å². The molecular weight excluding hydrogens is 300 g/mol. The first-order valence-corrected chi connectivity index (χ1v) is 8.51. The van der Waals surface area contributed by atoms with Gasteiger partial charge in [0.25, 0.3) is 5.91 Å². The molecule has 126 valence electrons. The summed E-state index contributed by atoms with van der Waals surface area (Å²) in [4.78, 5) is 18.9. The van der Waals surface area contributed by atoms with Crippen LogP contribution < -0.4 is 15.5 Å². The van der Waals surface area contributed by atoms with Gasteiger partial charge in [0.05, 0.1) is 11.9 Å². The summed E-state index contributed by atoms with van der Waals surface area (Å²) in [5.74, 6) is -0.194. The third-order valence-corrected chi connectivity index (χ3v) is 4.05. The molecule has 5 nitrogen and oxygen atoms in total. The number of nitrogens with zero attached hydrogens (tertiary/aromatic N) is 2. The van der Waals surface area contributed by atoms with Gasteiger partial charge in [-0.2, -0.15) is 0 Å². The molecule has 0 unspecified atom stereocenters. The molecule has 0 aliphatic carbocycles. The second-order valence-electron chi connectivity index (χ2n) is 6.43. The van der Waals surface area contributed by atoms with Crippen LogP contribution >= 0.6 is 0 Å². The maximum atomic E-state index is 12.3. The van der Waals surface area contributed by atoms with E-state index in [-0.39, 0.29) is 5.91 Å². The maximum absolute atomic E-state index is 12.3. The summed E-state index contributed by atoms with van der Waals surface area (Å²) in [6.45, 7) is 6.36. The first-order valence-electron chi connectivity index (χ1n) is 8.51. The normalized spacial score (nSPS) is 14.0. The van der Waals surface area contributed by atoms with Crippen LogP contribution in [0.4, 0.5) is 17.1 Å². The number of pyridine rings is 1. The summed E-state index contributed by atoms with van der Waals surface area (Å²) in [6, 6.07) is 12.0. The van der Waals surface area contributed by atoms with Crippen molar-refractivity contribution in [2.24, 2.45) is 0 Å². The van der Waals surface area contributed by atoms with Crippen molar-refractivity contribution >= 4 is 23.0 Å². The van der Waals surface area contributed by atoms with Crippen molar-refractivity contribution in [3.05, 3.63) is 48.3 Å². The van der Waals surface area contributed by atoms with Crippen molar-refractivity contribution in [1.29, 1.82) is 0 Å². The molecule has 5 heteroatoms. The lowest BCUT2D eigenvalue weighted by Gasteiger charge is -2.17. The summed E-state index contributed by atoms with van der Waals surface area (Å²) in [5.41, 5.74) is 3.33. The number of nitrogens with one attached hydrogen (secondary N) is 2. The van der Waals surface area contributed by atoms with Crippen molar-refractivity contribution < 1.29 is 4.79 Å². The molecule has 1 amide bonds. The highest BCUT2D eigenvalue weighted by molar-refractivity contribution is 6.03. The number of anilines is 3. The average Bonchev–Trinajstić information content (AvgIpc) is 3.10. The smallest absolute Gasteiger partial charge is 0.274 e. The van der Waals surface area contributed by atoms with Crippen LogP contribution in [0.2, 0.25) is 0 Å². The highest BCUT2D eigenvalue weighted by Crippen LogP contribution is 2.22. The standard InChI is InChI=1S/C19H24N4O/c1-14(2)21-16-7-10-18(20-13-16)19(24)22-15-5-8-17(9-6-15)23-11-3-4-12-23/h5-10,13-14,21H,3-4,11-12H2,1-2H3,(H,22,24). The molecule has 1 saturated heterocycles. The summed E-state index contributed by atoms with van der Waals surface area (Å²) < 4.78 is 0. The van der Waals surface area contributed by atoms with Crippen molar-refractivity contribution in [3.8, 4) is 0 Å². The van der Waals surface area contributed by atoms with E-state index in [1.165, 1.54) is 18.5 Å². The maximum Gasteiger partial charge on any atom is 0.274 e. The molecule has 24 heavy (non-hydrogen) atoms. The van der Waals surface area contributed by atoms with Gasteiger partial charge in [0.1, 0.15) is 5.69 Å². The Morgan fingerprint density at radius 3 is 2.29 bits per heavy atom. The van der Waals surface area contributed by atoms with Gasteiger partial charge in [0, 0.05) is 30.5 Å².